The van der Waals surface area contributed by atoms with E-state index in [1.54, 1.807) is 43.1 Å². The second kappa shape index (κ2) is 18.3. The monoisotopic (exact) mass is 829 g/mol. The number of carbonyl (C=O) groups excluding carboxylic acids is 1. The van der Waals surface area contributed by atoms with Gasteiger partial charge in [0.25, 0.3) is 5.91 Å². The standard InChI is InChI=1S/C47H50FN6O5P/c1-31(2)60(32(3)4,27-13-26-49)42-39(59-46(40(42)48)54-30-52-41-43(50-29-51-44(41)54)53-45(55)33-14-9-7-10-15-33)28-58-47(34-16-11-8-12-17-34,35-18-22-37(56-5)23-19-35)36-20-24-38(57-6)25-21-36/h7-12,14-25,29-32,39-40,42,46H,13,27-28H2,1-6H3/p+1/t39-,40+,42-,46-/m1/s1. The van der Waals surface area contributed by atoms with Gasteiger partial charge in [-0.1, -0.05) is 72.8 Å². The molecule has 0 unspecified atom stereocenters. The summed E-state index contributed by atoms with van der Waals surface area (Å²) >= 11 is 0. The van der Waals surface area contributed by atoms with E-state index >= 15 is 4.39 Å². The number of ether oxygens (including phenoxy) is 4. The number of amides is 1. The quantitative estimate of drug-likeness (QED) is 0.0748. The molecule has 60 heavy (non-hydrogen) atoms. The van der Waals surface area contributed by atoms with E-state index in [1.165, 1.54) is 12.7 Å². The smallest absolute Gasteiger partial charge is 0.256 e. The van der Waals surface area contributed by atoms with Crippen molar-refractivity contribution in [1.82, 2.24) is 19.5 Å². The molecule has 7 rings (SSSR count). The fourth-order valence-corrected chi connectivity index (χ4v) is 14.9. The van der Waals surface area contributed by atoms with Gasteiger partial charge in [-0.25, -0.2) is 19.3 Å². The minimum atomic E-state index is -2.36. The topological polar surface area (TPSA) is 133 Å². The maximum absolute atomic E-state index is 18.1. The highest BCUT2D eigenvalue weighted by atomic mass is 31.2. The molecule has 4 aromatic carbocycles. The molecule has 11 nitrogen and oxygen atoms in total. The van der Waals surface area contributed by atoms with Crippen molar-refractivity contribution in [2.45, 2.75) is 75.2 Å². The predicted octanol–water partition coefficient (Wildman–Crippen LogP) is 9.46. The van der Waals surface area contributed by atoms with Crippen LogP contribution in [0.15, 0.2) is 122 Å². The molecule has 1 amide bonds. The van der Waals surface area contributed by atoms with Crippen LogP contribution in [0, 0.1) is 11.3 Å². The van der Waals surface area contributed by atoms with Crippen molar-refractivity contribution in [3.05, 3.63) is 144 Å². The molecule has 2 aromatic heterocycles. The maximum atomic E-state index is 18.1. The third kappa shape index (κ3) is 7.85. The molecule has 1 aliphatic rings. The first-order valence-electron chi connectivity index (χ1n) is 20.1. The molecule has 0 saturated carbocycles. The number of aromatic nitrogens is 4. The number of hydrogen-bond acceptors (Lipinski definition) is 9. The summed E-state index contributed by atoms with van der Waals surface area (Å²) in [5, 5.41) is 12.8. The highest BCUT2D eigenvalue weighted by molar-refractivity contribution is 7.77. The number of benzene rings is 4. The predicted molar refractivity (Wildman–Crippen MR) is 233 cm³/mol. The van der Waals surface area contributed by atoms with Crippen molar-refractivity contribution in [1.29, 1.82) is 5.26 Å². The lowest BCUT2D eigenvalue weighted by molar-refractivity contribution is -0.0801. The van der Waals surface area contributed by atoms with E-state index in [4.69, 9.17) is 18.9 Å². The van der Waals surface area contributed by atoms with Crippen LogP contribution in [0.4, 0.5) is 10.2 Å². The Hall–Kier alpha value is -5.73. The third-order valence-corrected chi connectivity index (χ3v) is 18.5. The molecule has 0 spiro atoms. The summed E-state index contributed by atoms with van der Waals surface area (Å²) in [6.45, 7) is 8.59. The van der Waals surface area contributed by atoms with E-state index < -0.39 is 37.0 Å². The van der Waals surface area contributed by atoms with E-state index in [-0.39, 0.29) is 29.6 Å². The number of alkyl halides is 1. The normalized spacial score (nSPS) is 18.1. The Morgan fingerprint density at radius 1 is 0.850 bits per heavy atom. The number of imidazole rings is 1. The Morgan fingerprint density at radius 3 is 1.97 bits per heavy atom. The third-order valence-electron chi connectivity index (χ3n) is 11.9. The lowest BCUT2D eigenvalue weighted by Gasteiger charge is -2.42. The average molecular weight is 830 g/mol. The van der Waals surface area contributed by atoms with Gasteiger partial charge >= 0.3 is 0 Å². The van der Waals surface area contributed by atoms with Gasteiger partial charge in [-0.2, -0.15) is 5.26 Å². The average Bonchev–Trinajstić information content (AvgIpc) is 3.86. The number of rotatable bonds is 16. The summed E-state index contributed by atoms with van der Waals surface area (Å²) in [5.41, 5.74) is 1.95. The fraction of sp³-hybridized carbons (Fsp3) is 0.340. The molecule has 6 aromatic rings. The van der Waals surface area contributed by atoms with E-state index in [2.05, 4.69) is 54.0 Å². The maximum Gasteiger partial charge on any atom is 0.256 e. The Kier molecular flexibility index (Phi) is 12.9. The number of halogens is 1. The molecule has 0 radical (unpaired) electrons. The Morgan fingerprint density at radius 2 is 1.42 bits per heavy atom. The van der Waals surface area contributed by atoms with Crippen LogP contribution in [-0.4, -0.2) is 81.7 Å². The van der Waals surface area contributed by atoms with Crippen molar-refractivity contribution in [2.75, 3.05) is 32.3 Å². The van der Waals surface area contributed by atoms with Crippen LogP contribution in [0.2, 0.25) is 0 Å². The molecular formula is C47H51FN6O5P+. The molecule has 0 aliphatic carbocycles. The van der Waals surface area contributed by atoms with Gasteiger partial charge in [-0.15, -0.1) is 0 Å². The summed E-state index contributed by atoms with van der Waals surface area (Å²) < 4.78 is 45.2. The van der Waals surface area contributed by atoms with Crippen molar-refractivity contribution >= 4 is 30.2 Å². The molecular weight excluding hydrogens is 779 g/mol. The van der Waals surface area contributed by atoms with E-state index in [0.29, 0.717) is 40.8 Å². The van der Waals surface area contributed by atoms with Gasteiger partial charge in [0.1, 0.15) is 35.2 Å². The molecule has 1 N–H and O–H groups in total. The first-order chi connectivity index (χ1) is 29.1. The summed E-state index contributed by atoms with van der Waals surface area (Å²) in [7, 11) is 0.899. The largest absolute Gasteiger partial charge is 0.497 e. The number of anilines is 1. The molecule has 13 heteroatoms. The Bertz CT molecular complexity index is 2350. The number of nitrogens with one attached hydrogen (secondary N) is 1. The lowest BCUT2D eigenvalue weighted by atomic mass is 9.80. The highest BCUT2D eigenvalue weighted by Crippen LogP contribution is 2.74. The van der Waals surface area contributed by atoms with Crippen LogP contribution < -0.4 is 14.8 Å². The summed E-state index contributed by atoms with van der Waals surface area (Å²) in [6, 6.07) is 36.7. The number of nitrogens with zero attached hydrogens (tertiary/aromatic N) is 5. The number of carbonyl (C=O) groups is 1. The lowest BCUT2D eigenvalue weighted by Crippen LogP contribution is -2.43. The zero-order valence-corrected chi connectivity index (χ0v) is 35.6. The van der Waals surface area contributed by atoms with Gasteiger partial charge < -0.3 is 24.3 Å². The van der Waals surface area contributed by atoms with Gasteiger partial charge in [0, 0.05) is 12.8 Å². The number of nitriles is 1. The number of hydrogen-bond donors (Lipinski definition) is 1. The fourth-order valence-electron chi connectivity index (χ4n) is 9.01. The van der Waals surface area contributed by atoms with Gasteiger partial charge in [0.05, 0.1) is 57.1 Å². The molecule has 1 saturated heterocycles. The minimum absolute atomic E-state index is 0.00226. The molecule has 1 aliphatic heterocycles. The molecule has 0 bridgehead atoms. The van der Waals surface area contributed by atoms with Gasteiger partial charge in [-0.05, 0) is 80.8 Å². The van der Waals surface area contributed by atoms with Crippen molar-refractivity contribution in [2.24, 2.45) is 0 Å². The SMILES string of the molecule is COc1ccc(C(OC[C@H]2O[C@@H](n3cnc4c(NC(=O)c5ccccc5)ncnc43)[C@@H](F)[C@@H]2[P+](CCC#N)(C(C)C)C(C)C)(c2ccccc2)c2ccc(OC)cc2)cc1. The summed E-state index contributed by atoms with van der Waals surface area (Å²) in [6.07, 6.45) is 0.261. The molecule has 3 heterocycles. The zero-order valence-electron chi connectivity index (χ0n) is 34.7. The second-order valence-corrected chi connectivity index (χ2v) is 20.6. The zero-order chi connectivity index (χ0) is 42.4. The van der Waals surface area contributed by atoms with Crippen LogP contribution in [0.1, 0.15) is 67.4 Å². The van der Waals surface area contributed by atoms with E-state index in [9.17, 15) is 10.1 Å². The molecule has 4 atom stereocenters. The molecule has 1 fully saturated rings. The second-order valence-electron chi connectivity index (χ2n) is 15.5. The van der Waals surface area contributed by atoms with Crippen LogP contribution in [0.25, 0.3) is 11.2 Å². The summed E-state index contributed by atoms with van der Waals surface area (Å²) in [4.78, 5) is 26.6. The van der Waals surface area contributed by atoms with Crippen molar-refractivity contribution in [3.63, 3.8) is 0 Å². The van der Waals surface area contributed by atoms with Gasteiger partial charge in [-0.3, -0.25) is 9.36 Å². The van der Waals surface area contributed by atoms with Crippen molar-refractivity contribution in [3.8, 4) is 17.6 Å². The minimum Gasteiger partial charge on any atom is -0.497 e. The van der Waals surface area contributed by atoms with Crippen LogP contribution in [0.5, 0.6) is 11.5 Å². The van der Waals surface area contributed by atoms with Gasteiger partial charge in [0.2, 0.25) is 0 Å². The highest BCUT2D eigenvalue weighted by Gasteiger charge is 2.64. The van der Waals surface area contributed by atoms with Crippen molar-refractivity contribution < 1.29 is 28.1 Å². The molecule has 310 valence electrons. The number of methoxy groups -OCH3 is 2. The van der Waals surface area contributed by atoms with E-state index in [0.717, 1.165) is 16.7 Å². The van der Waals surface area contributed by atoms with Crippen LogP contribution >= 0.6 is 7.26 Å². The Balaban J connectivity index is 1.35. The first kappa shape index (κ1) is 42.4. The van der Waals surface area contributed by atoms with E-state index in [1.807, 2.05) is 84.9 Å². The van der Waals surface area contributed by atoms with Crippen LogP contribution in [0.3, 0.4) is 0 Å². The first-order valence-corrected chi connectivity index (χ1v) is 22.3. The van der Waals surface area contributed by atoms with Crippen LogP contribution in [-0.2, 0) is 15.1 Å². The number of fused-ring (bicyclic) bond motifs is 1. The Labute approximate surface area is 351 Å². The summed E-state index contributed by atoms with van der Waals surface area (Å²) in [5.74, 6) is 1.22. The van der Waals surface area contributed by atoms with Gasteiger partial charge in [0.15, 0.2) is 29.4 Å².